The molecule has 0 aliphatic heterocycles. The first kappa shape index (κ1) is 21.3. The van der Waals surface area contributed by atoms with Gasteiger partial charge >= 0.3 is 16.3 Å². The van der Waals surface area contributed by atoms with Gasteiger partial charge in [-0.3, -0.25) is 18.9 Å². The van der Waals surface area contributed by atoms with Crippen LogP contribution in [0.3, 0.4) is 0 Å². The van der Waals surface area contributed by atoms with Gasteiger partial charge in [0.05, 0.1) is 11.1 Å². The fourth-order valence-corrected chi connectivity index (χ4v) is 5.74. The highest BCUT2D eigenvalue weighted by molar-refractivity contribution is 7.87. The molecule has 0 saturated heterocycles. The number of nitrogens with zero attached hydrogens (tertiary/aromatic N) is 1. The quantitative estimate of drug-likeness (QED) is 0.440. The zero-order valence-electron chi connectivity index (χ0n) is 16.2. The number of Topliss-reactive ketones (excluding diaryl/α,β-unsaturated/α-hetero) is 1. The van der Waals surface area contributed by atoms with Crippen molar-refractivity contribution in [2.24, 2.45) is 22.5 Å². The molecule has 0 aromatic heterocycles. The van der Waals surface area contributed by atoms with Crippen LogP contribution in [-0.2, 0) is 24.7 Å². The van der Waals surface area contributed by atoms with Crippen molar-refractivity contribution in [1.82, 2.24) is 0 Å². The second kappa shape index (κ2) is 6.81. The fourth-order valence-electron chi connectivity index (χ4n) is 4.98. The van der Waals surface area contributed by atoms with Crippen LogP contribution < -0.4 is 10.0 Å². The van der Waals surface area contributed by atoms with Gasteiger partial charge in [-0.15, -0.1) is 0 Å². The average molecular weight is 424 g/mol. The summed E-state index contributed by atoms with van der Waals surface area (Å²) in [6.45, 7) is 3.61. The van der Waals surface area contributed by atoms with Crippen LogP contribution in [0.25, 0.3) is 0 Å². The highest BCUT2D eigenvalue weighted by Gasteiger charge is 2.65. The summed E-state index contributed by atoms with van der Waals surface area (Å²) in [4.78, 5) is 35.7. The summed E-state index contributed by atoms with van der Waals surface area (Å²) in [6, 6.07) is 5.27. The molecule has 2 aliphatic rings. The number of carbonyl (C=O) groups excluding carboxylic acids is 2. The topological polar surface area (TPSA) is 155 Å². The van der Waals surface area contributed by atoms with Crippen molar-refractivity contribution in [2.45, 2.75) is 39.0 Å². The van der Waals surface area contributed by atoms with Gasteiger partial charge in [-0.1, -0.05) is 26.0 Å². The van der Waals surface area contributed by atoms with Crippen LogP contribution in [0.1, 0.15) is 44.6 Å². The second-order valence-corrected chi connectivity index (χ2v) is 9.76. The monoisotopic (exact) mass is 424 g/mol. The molecule has 1 amide bonds. The van der Waals surface area contributed by atoms with Crippen molar-refractivity contribution < 1.29 is 32.5 Å². The van der Waals surface area contributed by atoms with Crippen molar-refractivity contribution in [3.05, 3.63) is 29.8 Å². The maximum Gasteiger partial charge on any atom is 0.360 e. The summed E-state index contributed by atoms with van der Waals surface area (Å²) in [5.41, 5.74) is 3.73. The number of hydrogen-bond acceptors (Lipinski definition) is 5. The molecule has 0 radical (unpaired) electrons. The van der Waals surface area contributed by atoms with Crippen LogP contribution in [0.4, 0.5) is 5.69 Å². The van der Waals surface area contributed by atoms with Crippen molar-refractivity contribution in [1.29, 1.82) is 0 Å². The highest BCUT2D eigenvalue weighted by atomic mass is 32.2. The number of carboxylic acid groups (broad SMARTS) is 1. The Morgan fingerprint density at radius 1 is 1.34 bits per heavy atom. The first-order valence-electron chi connectivity index (χ1n) is 9.22. The number of primary amides is 1. The number of nitrogens with two attached hydrogens (primary N) is 1. The van der Waals surface area contributed by atoms with Gasteiger partial charge in [0.1, 0.15) is 5.78 Å². The van der Waals surface area contributed by atoms with Gasteiger partial charge in [0.2, 0.25) is 5.91 Å². The van der Waals surface area contributed by atoms with Gasteiger partial charge in [-0.2, -0.15) is 8.42 Å². The second-order valence-electron chi connectivity index (χ2n) is 8.42. The number of amides is 1. The van der Waals surface area contributed by atoms with Gasteiger partial charge in [-0.05, 0) is 41.9 Å². The van der Waals surface area contributed by atoms with E-state index in [1.165, 1.54) is 24.3 Å². The van der Waals surface area contributed by atoms with Crippen molar-refractivity contribution in [3.8, 4) is 0 Å². The third kappa shape index (κ3) is 3.29. The molecule has 2 aliphatic carbocycles. The van der Waals surface area contributed by atoms with E-state index < -0.39 is 38.9 Å². The minimum Gasteiger partial charge on any atom is -0.480 e. The number of benzene rings is 1. The molecule has 2 bridgehead atoms. The van der Waals surface area contributed by atoms with Gasteiger partial charge in [-0.25, -0.2) is 4.31 Å². The lowest BCUT2D eigenvalue weighted by molar-refractivity contribution is -0.142. The van der Waals surface area contributed by atoms with Crippen LogP contribution in [0.2, 0.25) is 0 Å². The first-order chi connectivity index (χ1) is 13.3. The van der Waals surface area contributed by atoms with E-state index in [2.05, 4.69) is 0 Å². The van der Waals surface area contributed by atoms with E-state index >= 15 is 0 Å². The Labute approximate surface area is 168 Å². The molecule has 0 spiro atoms. The standard InChI is InChI=1S/C19H24N2O7S/c1-18(2)12-6-7-19(18,14(22)9-12)10-21(29(26,27)28)13-5-3-4-11(8-13)15(16(20)23)17(24)25/h3-5,8,12,15H,6-7,9-10H2,1-2H3,(H2,20,23)(H,24,25)(H,26,27,28). The first-order valence-corrected chi connectivity index (χ1v) is 10.6. The zero-order chi connectivity index (χ0) is 21.8. The number of carbonyl (C=O) groups is 3. The highest BCUT2D eigenvalue weighted by Crippen LogP contribution is 2.64. The number of hydrogen-bond donors (Lipinski definition) is 3. The Hall–Kier alpha value is -2.46. The lowest BCUT2D eigenvalue weighted by atomic mass is 9.69. The van der Waals surface area contributed by atoms with Crippen LogP contribution in [0.15, 0.2) is 24.3 Å². The molecule has 1 aromatic rings. The molecule has 2 saturated carbocycles. The Balaban J connectivity index is 2.06. The van der Waals surface area contributed by atoms with E-state index in [0.717, 1.165) is 6.42 Å². The van der Waals surface area contributed by atoms with Gasteiger partial charge < -0.3 is 10.8 Å². The molecule has 2 fully saturated rings. The van der Waals surface area contributed by atoms with E-state index in [0.29, 0.717) is 17.1 Å². The molecule has 0 heterocycles. The van der Waals surface area contributed by atoms with E-state index in [4.69, 9.17) is 5.73 Å². The van der Waals surface area contributed by atoms with E-state index in [9.17, 15) is 32.5 Å². The third-order valence-electron chi connectivity index (χ3n) is 6.85. The van der Waals surface area contributed by atoms with Crippen LogP contribution in [0, 0.1) is 16.7 Å². The molecule has 29 heavy (non-hydrogen) atoms. The molecule has 9 nitrogen and oxygen atoms in total. The Kier molecular flexibility index (Phi) is 4.99. The number of rotatable bonds is 7. The molecule has 158 valence electrons. The maximum atomic E-state index is 12.8. The maximum absolute atomic E-state index is 12.8. The molecule has 1 aromatic carbocycles. The molecule has 3 rings (SSSR count). The smallest absolute Gasteiger partial charge is 0.360 e. The van der Waals surface area contributed by atoms with Crippen LogP contribution in [-0.4, -0.2) is 42.3 Å². The number of anilines is 1. The van der Waals surface area contributed by atoms with Crippen molar-refractivity contribution >= 4 is 33.7 Å². The van der Waals surface area contributed by atoms with Crippen LogP contribution >= 0.6 is 0 Å². The summed E-state index contributed by atoms with van der Waals surface area (Å²) in [5, 5.41) is 9.28. The summed E-state index contributed by atoms with van der Waals surface area (Å²) in [7, 11) is -4.77. The summed E-state index contributed by atoms with van der Waals surface area (Å²) in [5.74, 6) is -4.13. The van der Waals surface area contributed by atoms with Crippen molar-refractivity contribution in [2.75, 3.05) is 10.8 Å². The van der Waals surface area contributed by atoms with E-state index in [1.54, 1.807) is 0 Å². The number of fused-ring (bicyclic) bond motifs is 2. The average Bonchev–Trinajstić information content (AvgIpc) is 2.93. The fraction of sp³-hybridized carbons (Fsp3) is 0.526. The predicted octanol–water partition coefficient (Wildman–Crippen LogP) is 1.34. The largest absolute Gasteiger partial charge is 0.480 e. The van der Waals surface area contributed by atoms with Gasteiger partial charge in [0.25, 0.3) is 0 Å². The predicted molar refractivity (Wildman–Crippen MR) is 103 cm³/mol. The van der Waals surface area contributed by atoms with Crippen molar-refractivity contribution in [3.63, 3.8) is 0 Å². The van der Waals surface area contributed by atoms with E-state index in [-0.39, 0.29) is 29.5 Å². The summed E-state index contributed by atoms with van der Waals surface area (Å²) >= 11 is 0. The zero-order valence-corrected chi connectivity index (χ0v) is 17.0. The number of aliphatic carboxylic acids is 1. The normalized spacial score (nSPS) is 26.3. The SMILES string of the molecule is CC1(C)C2CCC1(CN(c1cccc(C(C(N)=O)C(=O)O)c1)S(=O)(=O)O)C(=O)C2. The lowest BCUT2D eigenvalue weighted by Crippen LogP contribution is -2.48. The molecule has 10 heteroatoms. The molecule has 3 unspecified atom stereocenters. The van der Waals surface area contributed by atoms with E-state index in [1.807, 2.05) is 13.8 Å². The molecule has 4 N–H and O–H groups in total. The molecule has 3 atom stereocenters. The minimum atomic E-state index is -4.77. The lowest BCUT2D eigenvalue weighted by Gasteiger charge is -2.40. The Morgan fingerprint density at radius 3 is 2.45 bits per heavy atom. The summed E-state index contributed by atoms with van der Waals surface area (Å²) in [6.07, 6.45) is 1.67. The number of ketones is 1. The Bertz CT molecular complexity index is 974. The molecular weight excluding hydrogens is 400 g/mol. The minimum absolute atomic E-state index is 0.0186. The number of carboxylic acids is 1. The van der Waals surface area contributed by atoms with Gasteiger partial charge in [0.15, 0.2) is 5.92 Å². The van der Waals surface area contributed by atoms with Gasteiger partial charge in [0, 0.05) is 13.0 Å². The third-order valence-corrected chi connectivity index (χ3v) is 7.75. The molecular formula is C19H24N2O7S. The van der Waals surface area contributed by atoms with Crippen LogP contribution in [0.5, 0.6) is 0 Å². The Morgan fingerprint density at radius 2 is 2.00 bits per heavy atom. The summed E-state index contributed by atoms with van der Waals surface area (Å²) < 4.78 is 35.1.